The van der Waals surface area contributed by atoms with Gasteiger partial charge in [0.15, 0.2) is 0 Å². The largest absolute Gasteiger partial charge is 0.323 e. The zero-order valence-corrected chi connectivity index (χ0v) is 12.3. The lowest BCUT2D eigenvalue weighted by Gasteiger charge is -2.05. The first kappa shape index (κ1) is 14.1. The van der Waals surface area contributed by atoms with Crippen molar-refractivity contribution in [1.29, 1.82) is 0 Å². The van der Waals surface area contributed by atoms with Crippen molar-refractivity contribution in [2.45, 2.75) is 32.4 Å². The van der Waals surface area contributed by atoms with E-state index in [0.29, 0.717) is 6.54 Å². The average Bonchev–Trinajstić information content (AvgIpc) is 2.82. The van der Waals surface area contributed by atoms with E-state index in [1.54, 1.807) is 10.7 Å². The summed E-state index contributed by atoms with van der Waals surface area (Å²) in [5.74, 6) is -0.264. The summed E-state index contributed by atoms with van der Waals surface area (Å²) in [4.78, 5) is 0. The van der Waals surface area contributed by atoms with E-state index in [1.165, 1.54) is 12.1 Å². The third kappa shape index (κ3) is 3.61. The van der Waals surface area contributed by atoms with E-state index in [9.17, 15) is 4.39 Å². The lowest BCUT2D eigenvalue weighted by molar-refractivity contribution is 0.615. The fourth-order valence-electron chi connectivity index (χ4n) is 1.84. The standard InChI is InChI=1S/C13H16BrFN4/c1-2-3-12(16)13-8-19(18-17-13)7-9-4-5-10(15)6-11(9)14/h4-6,8,12H,2-3,7,16H2,1H3. The predicted molar refractivity (Wildman–Crippen MR) is 75.1 cm³/mol. The van der Waals surface area contributed by atoms with Gasteiger partial charge in [-0.1, -0.05) is 40.6 Å². The molecule has 2 aromatic rings. The van der Waals surface area contributed by atoms with Crippen LogP contribution >= 0.6 is 15.9 Å². The van der Waals surface area contributed by atoms with Gasteiger partial charge in [-0.3, -0.25) is 0 Å². The Bertz CT molecular complexity index is 555. The Labute approximate surface area is 119 Å². The molecule has 102 valence electrons. The maximum absolute atomic E-state index is 13.0. The van der Waals surface area contributed by atoms with Gasteiger partial charge < -0.3 is 5.73 Å². The van der Waals surface area contributed by atoms with Crippen LogP contribution in [0.4, 0.5) is 4.39 Å². The average molecular weight is 327 g/mol. The molecule has 1 aromatic heterocycles. The first-order valence-electron chi connectivity index (χ1n) is 6.19. The van der Waals surface area contributed by atoms with Crippen LogP contribution in [0.3, 0.4) is 0 Å². The van der Waals surface area contributed by atoms with Gasteiger partial charge >= 0.3 is 0 Å². The maximum atomic E-state index is 13.0. The number of benzene rings is 1. The smallest absolute Gasteiger partial charge is 0.124 e. The molecule has 0 aliphatic heterocycles. The second-order valence-corrected chi connectivity index (χ2v) is 5.33. The van der Waals surface area contributed by atoms with Crippen LogP contribution in [0.25, 0.3) is 0 Å². The van der Waals surface area contributed by atoms with Crippen LogP contribution in [0.1, 0.15) is 37.1 Å². The molecular formula is C13H16BrFN4. The number of hydrogen-bond donors (Lipinski definition) is 1. The molecule has 1 heterocycles. The highest BCUT2D eigenvalue weighted by Gasteiger charge is 2.10. The van der Waals surface area contributed by atoms with E-state index < -0.39 is 0 Å². The molecule has 1 aromatic carbocycles. The van der Waals surface area contributed by atoms with Crippen molar-refractivity contribution in [3.05, 3.63) is 45.9 Å². The molecule has 6 heteroatoms. The van der Waals surface area contributed by atoms with Gasteiger partial charge in [-0.25, -0.2) is 9.07 Å². The number of hydrogen-bond acceptors (Lipinski definition) is 3. The SMILES string of the molecule is CCCC(N)c1cn(Cc2ccc(F)cc2Br)nn1. The van der Waals surface area contributed by atoms with Crippen molar-refractivity contribution in [3.8, 4) is 0 Å². The Morgan fingerprint density at radius 3 is 2.95 bits per heavy atom. The van der Waals surface area contributed by atoms with E-state index in [2.05, 4.69) is 33.2 Å². The highest BCUT2D eigenvalue weighted by molar-refractivity contribution is 9.10. The third-order valence-corrected chi connectivity index (χ3v) is 3.62. The molecule has 0 radical (unpaired) electrons. The van der Waals surface area contributed by atoms with Crippen molar-refractivity contribution in [2.24, 2.45) is 5.73 Å². The van der Waals surface area contributed by atoms with Gasteiger partial charge in [-0.05, 0) is 24.1 Å². The van der Waals surface area contributed by atoms with Gasteiger partial charge in [0.2, 0.25) is 0 Å². The van der Waals surface area contributed by atoms with Crippen LogP contribution in [0.15, 0.2) is 28.9 Å². The number of aromatic nitrogens is 3. The van der Waals surface area contributed by atoms with Crippen LogP contribution in [-0.4, -0.2) is 15.0 Å². The Balaban J connectivity index is 2.11. The molecule has 0 aliphatic carbocycles. The summed E-state index contributed by atoms with van der Waals surface area (Å²) in [5.41, 5.74) is 7.73. The van der Waals surface area contributed by atoms with Gasteiger partial charge in [0.1, 0.15) is 5.82 Å². The minimum absolute atomic E-state index is 0.0737. The first-order chi connectivity index (χ1) is 9.10. The van der Waals surface area contributed by atoms with Crippen molar-refractivity contribution in [2.75, 3.05) is 0 Å². The summed E-state index contributed by atoms with van der Waals surface area (Å²) in [6, 6.07) is 4.53. The van der Waals surface area contributed by atoms with Crippen molar-refractivity contribution < 1.29 is 4.39 Å². The number of halogens is 2. The van der Waals surface area contributed by atoms with Crippen molar-refractivity contribution in [3.63, 3.8) is 0 Å². The molecule has 0 fully saturated rings. The van der Waals surface area contributed by atoms with Crippen LogP contribution < -0.4 is 5.73 Å². The zero-order valence-electron chi connectivity index (χ0n) is 10.7. The normalized spacial score (nSPS) is 12.6. The van der Waals surface area contributed by atoms with Gasteiger partial charge in [0.05, 0.1) is 24.5 Å². The summed E-state index contributed by atoms with van der Waals surface area (Å²) in [6.07, 6.45) is 3.74. The van der Waals surface area contributed by atoms with E-state index >= 15 is 0 Å². The monoisotopic (exact) mass is 326 g/mol. The maximum Gasteiger partial charge on any atom is 0.124 e. The minimum Gasteiger partial charge on any atom is -0.323 e. The Morgan fingerprint density at radius 1 is 1.47 bits per heavy atom. The number of nitrogens with two attached hydrogens (primary N) is 1. The molecule has 0 amide bonds. The van der Waals surface area contributed by atoms with Gasteiger partial charge in [-0.15, -0.1) is 5.10 Å². The molecule has 0 saturated carbocycles. The van der Waals surface area contributed by atoms with Crippen molar-refractivity contribution in [1.82, 2.24) is 15.0 Å². The van der Waals surface area contributed by atoms with Gasteiger partial charge in [0, 0.05) is 4.47 Å². The topological polar surface area (TPSA) is 56.7 Å². The van der Waals surface area contributed by atoms with Gasteiger partial charge in [0.25, 0.3) is 0 Å². The molecule has 2 N–H and O–H groups in total. The Morgan fingerprint density at radius 2 is 2.26 bits per heavy atom. The molecule has 4 nitrogen and oxygen atoms in total. The second-order valence-electron chi connectivity index (χ2n) is 4.47. The minimum atomic E-state index is -0.264. The van der Waals surface area contributed by atoms with Gasteiger partial charge in [-0.2, -0.15) is 0 Å². The van der Waals surface area contributed by atoms with E-state index in [1.807, 2.05) is 6.20 Å². The molecule has 1 atom stereocenters. The summed E-state index contributed by atoms with van der Waals surface area (Å²) < 4.78 is 15.4. The molecule has 0 spiro atoms. The fourth-order valence-corrected chi connectivity index (χ4v) is 2.32. The summed E-state index contributed by atoms with van der Waals surface area (Å²) in [5, 5.41) is 8.13. The molecular weight excluding hydrogens is 311 g/mol. The summed E-state index contributed by atoms with van der Waals surface area (Å²) in [7, 11) is 0. The molecule has 0 saturated heterocycles. The number of nitrogens with zero attached hydrogens (tertiary/aromatic N) is 3. The molecule has 1 unspecified atom stereocenters. The van der Waals surface area contributed by atoms with Crippen LogP contribution in [0, 0.1) is 5.82 Å². The highest BCUT2D eigenvalue weighted by atomic mass is 79.9. The lowest BCUT2D eigenvalue weighted by Crippen LogP contribution is -2.10. The van der Waals surface area contributed by atoms with E-state index in [4.69, 9.17) is 5.73 Å². The summed E-state index contributed by atoms with van der Waals surface area (Å²) >= 11 is 3.34. The molecule has 19 heavy (non-hydrogen) atoms. The molecule has 2 rings (SSSR count). The van der Waals surface area contributed by atoms with Crippen LogP contribution in [-0.2, 0) is 6.54 Å². The number of rotatable bonds is 5. The Hall–Kier alpha value is -1.27. The highest BCUT2D eigenvalue weighted by Crippen LogP contribution is 2.19. The fraction of sp³-hybridized carbons (Fsp3) is 0.385. The molecule has 0 aliphatic rings. The lowest BCUT2D eigenvalue weighted by atomic mass is 10.1. The van der Waals surface area contributed by atoms with Crippen molar-refractivity contribution >= 4 is 15.9 Å². The quantitative estimate of drug-likeness (QED) is 0.918. The van der Waals surface area contributed by atoms with Crippen LogP contribution in [0.2, 0.25) is 0 Å². The Kier molecular flexibility index (Phi) is 4.66. The van der Waals surface area contributed by atoms with Crippen LogP contribution in [0.5, 0.6) is 0 Å². The zero-order chi connectivity index (χ0) is 13.8. The van der Waals surface area contributed by atoms with E-state index in [0.717, 1.165) is 28.6 Å². The first-order valence-corrected chi connectivity index (χ1v) is 6.99. The third-order valence-electron chi connectivity index (χ3n) is 2.88. The summed E-state index contributed by atoms with van der Waals surface area (Å²) in [6.45, 7) is 2.62. The second kappa shape index (κ2) is 6.25. The molecule has 0 bridgehead atoms. The predicted octanol–water partition coefficient (Wildman–Crippen LogP) is 3.03. The van der Waals surface area contributed by atoms with E-state index in [-0.39, 0.29) is 11.9 Å².